The van der Waals surface area contributed by atoms with E-state index >= 15 is 0 Å². The van der Waals surface area contributed by atoms with E-state index in [1.165, 1.54) is 12.8 Å². The fourth-order valence-electron chi connectivity index (χ4n) is 3.46. The smallest absolute Gasteiger partial charge is 0.255 e. The van der Waals surface area contributed by atoms with Crippen LogP contribution in [0.25, 0.3) is 0 Å². The third-order valence-corrected chi connectivity index (χ3v) is 4.82. The van der Waals surface area contributed by atoms with Gasteiger partial charge in [-0.25, -0.2) is 0 Å². The Morgan fingerprint density at radius 3 is 2.76 bits per heavy atom. The maximum atomic E-state index is 12.2. The molecule has 3 rings (SSSR count). The van der Waals surface area contributed by atoms with Crippen molar-refractivity contribution >= 4 is 23.2 Å². The van der Waals surface area contributed by atoms with Crippen LogP contribution in [0.1, 0.15) is 23.2 Å². The summed E-state index contributed by atoms with van der Waals surface area (Å²) in [5.74, 6) is 2.14. The first kappa shape index (κ1) is 14.5. The number of hydrogen-bond acceptors (Lipinski definition) is 2. The number of rotatable bonds is 4. The molecule has 4 heteroatoms. The van der Waals surface area contributed by atoms with E-state index < -0.39 is 0 Å². The summed E-state index contributed by atoms with van der Waals surface area (Å²) < 4.78 is 0. The number of amides is 1. The number of anilines is 1. The summed E-state index contributed by atoms with van der Waals surface area (Å²) in [5, 5.41) is 4.10. The van der Waals surface area contributed by atoms with E-state index in [9.17, 15) is 4.79 Å². The number of fused-ring (bicyclic) bond motifs is 2. The first-order valence-corrected chi connectivity index (χ1v) is 7.86. The molecule has 1 aromatic carbocycles. The molecule has 2 aliphatic rings. The standard InChI is InChI=1S/C17H21ClN2O/c1-20(2)17(21)15-6-5-14(18)9-16(15)19-10-13-8-11-3-4-12(13)7-11/h3-6,9,11-13,19H,7-8,10H2,1-2H3. The number of hydrogen-bond donors (Lipinski definition) is 1. The van der Waals surface area contributed by atoms with E-state index in [2.05, 4.69) is 17.5 Å². The number of benzene rings is 1. The van der Waals surface area contributed by atoms with Crippen LogP contribution < -0.4 is 5.32 Å². The van der Waals surface area contributed by atoms with E-state index in [1.807, 2.05) is 6.07 Å². The quantitative estimate of drug-likeness (QED) is 0.861. The van der Waals surface area contributed by atoms with Gasteiger partial charge in [0.15, 0.2) is 0 Å². The van der Waals surface area contributed by atoms with Crippen molar-refractivity contribution in [3.05, 3.63) is 40.9 Å². The number of nitrogens with zero attached hydrogens (tertiary/aromatic N) is 1. The van der Waals surface area contributed by atoms with E-state index in [-0.39, 0.29) is 5.91 Å². The van der Waals surface area contributed by atoms with Gasteiger partial charge in [0.1, 0.15) is 0 Å². The maximum absolute atomic E-state index is 12.2. The molecular weight excluding hydrogens is 284 g/mol. The number of nitrogens with one attached hydrogen (secondary N) is 1. The molecule has 0 heterocycles. The van der Waals surface area contributed by atoms with Gasteiger partial charge in [-0.3, -0.25) is 4.79 Å². The van der Waals surface area contributed by atoms with E-state index in [0.717, 1.165) is 18.2 Å². The molecule has 3 atom stereocenters. The van der Waals surface area contributed by atoms with Gasteiger partial charge < -0.3 is 10.2 Å². The first-order chi connectivity index (χ1) is 10.0. The highest BCUT2D eigenvalue weighted by atomic mass is 35.5. The summed E-state index contributed by atoms with van der Waals surface area (Å²) in [7, 11) is 3.53. The van der Waals surface area contributed by atoms with Crippen LogP contribution in [-0.4, -0.2) is 31.4 Å². The second-order valence-corrected chi connectivity index (χ2v) is 6.75. The number of carbonyl (C=O) groups is 1. The Bertz CT molecular complexity index is 582. The Morgan fingerprint density at radius 1 is 1.33 bits per heavy atom. The molecule has 1 aromatic rings. The van der Waals surface area contributed by atoms with Gasteiger partial charge in [0.05, 0.1) is 5.56 Å². The molecule has 2 aliphatic carbocycles. The topological polar surface area (TPSA) is 32.3 Å². The monoisotopic (exact) mass is 304 g/mol. The third-order valence-electron chi connectivity index (χ3n) is 4.59. The summed E-state index contributed by atoms with van der Waals surface area (Å²) in [5.41, 5.74) is 1.52. The molecule has 1 saturated carbocycles. The molecule has 21 heavy (non-hydrogen) atoms. The van der Waals surface area contributed by atoms with Gasteiger partial charge in [-0.2, -0.15) is 0 Å². The molecule has 2 bridgehead atoms. The second kappa shape index (κ2) is 5.72. The lowest BCUT2D eigenvalue weighted by Gasteiger charge is -2.21. The predicted molar refractivity (Wildman–Crippen MR) is 86.8 cm³/mol. The normalized spacial score (nSPS) is 26.1. The van der Waals surface area contributed by atoms with Gasteiger partial charge in [0.2, 0.25) is 0 Å². The molecule has 0 aliphatic heterocycles. The van der Waals surface area contributed by atoms with Crippen LogP contribution in [0.3, 0.4) is 0 Å². The van der Waals surface area contributed by atoms with Gasteiger partial charge >= 0.3 is 0 Å². The molecule has 3 unspecified atom stereocenters. The van der Waals surface area contributed by atoms with Gasteiger partial charge in [-0.1, -0.05) is 23.8 Å². The minimum Gasteiger partial charge on any atom is -0.384 e. The Morgan fingerprint density at radius 2 is 2.14 bits per heavy atom. The van der Waals surface area contributed by atoms with Gasteiger partial charge in [-0.05, 0) is 48.8 Å². The average molecular weight is 305 g/mol. The van der Waals surface area contributed by atoms with Crippen molar-refractivity contribution < 1.29 is 4.79 Å². The molecular formula is C17H21ClN2O. The SMILES string of the molecule is CN(C)C(=O)c1ccc(Cl)cc1NCC1CC2C=CC1C2. The number of halogens is 1. The second-order valence-electron chi connectivity index (χ2n) is 6.31. The first-order valence-electron chi connectivity index (χ1n) is 7.48. The predicted octanol–water partition coefficient (Wildman–Crippen LogP) is 3.67. The maximum Gasteiger partial charge on any atom is 0.255 e. The van der Waals surface area contributed by atoms with Gasteiger partial charge in [-0.15, -0.1) is 0 Å². The zero-order valence-electron chi connectivity index (χ0n) is 12.5. The Labute approximate surface area is 131 Å². The molecule has 1 N–H and O–H groups in total. The van der Waals surface area contributed by atoms with Crippen molar-refractivity contribution in [3.63, 3.8) is 0 Å². The van der Waals surface area contributed by atoms with Crippen LogP contribution in [0.4, 0.5) is 5.69 Å². The molecule has 1 fully saturated rings. The lowest BCUT2D eigenvalue weighted by molar-refractivity contribution is 0.0828. The summed E-state index contributed by atoms with van der Waals surface area (Å²) in [6.45, 7) is 0.902. The van der Waals surface area contributed by atoms with Crippen LogP contribution in [0.5, 0.6) is 0 Å². The van der Waals surface area contributed by atoms with Crippen molar-refractivity contribution in [2.45, 2.75) is 12.8 Å². The van der Waals surface area contributed by atoms with Gasteiger partial charge in [0.25, 0.3) is 5.91 Å². The summed E-state index contributed by atoms with van der Waals surface area (Å²) in [4.78, 5) is 13.8. The molecule has 3 nitrogen and oxygen atoms in total. The fourth-order valence-corrected chi connectivity index (χ4v) is 3.63. The van der Waals surface area contributed by atoms with Crippen LogP contribution >= 0.6 is 11.6 Å². The lowest BCUT2D eigenvalue weighted by atomic mass is 9.93. The van der Waals surface area contributed by atoms with Crippen molar-refractivity contribution in [3.8, 4) is 0 Å². The molecule has 0 radical (unpaired) electrons. The summed E-state index contributed by atoms with van der Waals surface area (Å²) >= 11 is 6.08. The highest BCUT2D eigenvalue weighted by Crippen LogP contribution is 2.43. The van der Waals surface area contributed by atoms with Crippen molar-refractivity contribution in [2.24, 2.45) is 17.8 Å². The van der Waals surface area contributed by atoms with E-state index in [0.29, 0.717) is 22.4 Å². The van der Waals surface area contributed by atoms with Crippen LogP contribution in [0.2, 0.25) is 5.02 Å². The molecule has 0 spiro atoms. The number of allylic oxidation sites excluding steroid dienone is 2. The Hall–Kier alpha value is -1.48. The van der Waals surface area contributed by atoms with Crippen LogP contribution in [-0.2, 0) is 0 Å². The highest BCUT2D eigenvalue weighted by molar-refractivity contribution is 6.31. The zero-order chi connectivity index (χ0) is 15.0. The van der Waals surface area contributed by atoms with Crippen LogP contribution in [0.15, 0.2) is 30.4 Å². The fraction of sp³-hybridized carbons (Fsp3) is 0.471. The Kier molecular flexibility index (Phi) is 3.94. The summed E-state index contributed by atoms with van der Waals surface area (Å²) in [6, 6.07) is 5.42. The van der Waals surface area contributed by atoms with Crippen LogP contribution in [0, 0.1) is 17.8 Å². The molecule has 0 saturated heterocycles. The number of carbonyl (C=O) groups excluding carboxylic acids is 1. The zero-order valence-corrected chi connectivity index (χ0v) is 13.2. The molecule has 1 amide bonds. The van der Waals surface area contributed by atoms with Gasteiger partial charge in [0, 0.05) is 31.4 Å². The van der Waals surface area contributed by atoms with Crippen molar-refractivity contribution in [2.75, 3.05) is 26.0 Å². The summed E-state index contributed by atoms with van der Waals surface area (Å²) in [6.07, 6.45) is 7.25. The lowest BCUT2D eigenvalue weighted by Crippen LogP contribution is -2.24. The van der Waals surface area contributed by atoms with E-state index in [4.69, 9.17) is 11.6 Å². The molecule has 112 valence electrons. The van der Waals surface area contributed by atoms with Crippen molar-refractivity contribution in [1.82, 2.24) is 4.90 Å². The van der Waals surface area contributed by atoms with E-state index in [1.54, 1.807) is 31.1 Å². The molecule has 0 aromatic heterocycles. The highest BCUT2D eigenvalue weighted by Gasteiger charge is 2.35. The minimum absolute atomic E-state index is 0.00186. The third kappa shape index (κ3) is 2.93. The average Bonchev–Trinajstić information content (AvgIpc) is 3.07. The largest absolute Gasteiger partial charge is 0.384 e. The van der Waals surface area contributed by atoms with Crippen molar-refractivity contribution in [1.29, 1.82) is 0 Å². The minimum atomic E-state index is 0.00186. The Balaban J connectivity index is 1.73.